The standard InChI is InChI=1S/C17H28N2O3S/c1-17(20,13-19-11-5-6-15(12-19)18(2)3)14-7-9-16(10-8-14)23(4,21)22/h7-10,15,20H,5-6,11-13H2,1-4H3. The number of aliphatic hydroxyl groups is 1. The number of sulfone groups is 1. The number of benzene rings is 1. The minimum atomic E-state index is -3.21. The highest BCUT2D eigenvalue weighted by atomic mass is 32.2. The van der Waals surface area contributed by atoms with Gasteiger partial charge in [0.25, 0.3) is 0 Å². The highest BCUT2D eigenvalue weighted by Gasteiger charge is 2.30. The summed E-state index contributed by atoms with van der Waals surface area (Å²) in [6.07, 6.45) is 3.51. The molecule has 1 heterocycles. The Labute approximate surface area is 139 Å². The maximum atomic E-state index is 11.5. The van der Waals surface area contributed by atoms with Gasteiger partial charge in [-0.25, -0.2) is 8.42 Å². The van der Waals surface area contributed by atoms with Crippen LogP contribution in [0.3, 0.4) is 0 Å². The van der Waals surface area contributed by atoms with Crippen LogP contribution in [-0.2, 0) is 15.4 Å². The van der Waals surface area contributed by atoms with Crippen molar-refractivity contribution in [3.8, 4) is 0 Å². The third kappa shape index (κ3) is 4.76. The molecule has 1 aliphatic rings. The number of hydrogen-bond donors (Lipinski definition) is 1. The molecule has 1 fully saturated rings. The smallest absolute Gasteiger partial charge is 0.175 e. The molecule has 0 saturated carbocycles. The molecule has 1 saturated heterocycles. The quantitative estimate of drug-likeness (QED) is 0.876. The number of likely N-dealkylation sites (tertiary alicyclic amines) is 1. The predicted molar refractivity (Wildman–Crippen MR) is 92.3 cm³/mol. The first-order chi connectivity index (χ1) is 10.6. The summed E-state index contributed by atoms with van der Waals surface area (Å²) in [5, 5.41) is 10.9. The molecule has 2 unspecified atom stereocenters. The average molecular weight is 340 g/mol. The van der Waals surface area contributed by atoms with Crippen molar-refractivity contribution < 1.29 is 13.5 Å². The summed E-state index contributed by atoms with van der Waals surface area (Å²) in [5.41, 5.74) is -0.249. The zero-order chi connectivity index (χ0) is 17.3. The molecule has 1 N–H and O–H groups in total. The molecule has 2 atom stereocenters. The molecular weight excluding hydrogens is 312 g/mol. The van der Waals surface area contributed by atoms with Gasteiger partial charge in [-0.15, -0.1) is 0 Å². The molecule has 0 aliphatic carbocycles. The lowest BCUT2D eigenvalue weighted by Gasteiger charge is -2.39. The Kier molecular flexibility index (Phi) is 5.51. The van der Waals surface area contributed by atoms with E-state index in [1.807, 2.05) is 0 Å². The molecule has 0 bridgehead atoms. The van der Waals surface area contributed by atoms with E-state index in [1.165, 1.54) is 12.7 Å². The van der Waals surface area contributed by atoms with E-state index < -0.39 is 15.4 Å². The Morgan fingerprint density at radius 3 is 2.43 bits per heavy atom. The van der Waals surface area contributed by atoms with Crippen molar-refractivity contribution in [3.05, 3.63) is 29.8 Å². The van der Waals surface area contributed by atoms with Gasteiger partial charge in [-0.05, 0) is 58.1 Å². The van der Waals surface area contributed by atoms with Crippen LogP contribution in [-0.4, -0.2) is 69.4 Å². The van der Waals surface area contributed by atoms with Gasteiger partial charge in [0.1, 0.15) is 0 Å². The van der Waals surface area contributed by atoms with E-state index in [0.717, 1.165) is 25.1 Å². The number of likely N-dealkylation sites (N-methyl/N-ethyl adjacent to an activating group) is 1. The van der Waals surface area contributed by atoms with Gasteiger partial charge in [-0.1, -0.05) is 12.1 Å². The van der Waals surface area contributed by atoms with E-state index in [1.54, 1.807) is 31.2 Å². The van der Waals surface area contributed by atoms with Crippen LogP contribution in [0.5, 0.6) is 0 Å². The molecule has 0 amide bonds. The summed E-state index contributed by atoms with van der Waals surface area (Å²) in [5.74, 6) is 0. The summed E-state index contributed by atoms with van der Waals surface area (Å²) < 4.78 is 23.1. The fourth-order valence-electron chi connectivity index (χ4n) is 3.18. The van der Waals surface area contributed by atoms with Gasteiger partial charge in [0.2, 0.25) is 0 Å². The molecule has 1 aliphatic heterocycles. The van der Waals surface area contributed by atoms with Crippen molar-refractivity contribution in [1.82, 2.24) is 9.80 Å². The minimum Gasteiger partial charge on any atom is -0.384 e. The van der Waals surface area contributed by atoms with Crippen LogP contribution in [0.1, 0.15) is 25.3 Å². The summed E-state index contributed by atoms with van der Waals surface area (Å²) >= 11 is 0. The maximum Gasteiger partial charge on any atom is 0.175 e. The van der Waals surface area contributed by atoms with Crippen LogP contribution in [0.25, 0.3) is 0 Å². The highest BCUT2D eigenvalue weighted by Crippen LogP contribution is 2.25. The lowest BCUT2D eigenvalue weighted by atomic mass is 9.94. The Morgan fingerprint density at radius 1 is 1.30 bits per heavy atom. The van der Waals surface area contributed by atoms with Gasteiger partial charge < -0.3 is 10.0 Å². The molecule has 1 aromatic carbocycles. The second-order valence-corrected chi connectivity index (χ2v) is 9.08. The van der Waals surface area contributed by atoms with Crippen molar-refractivity contribution >= 4 is 9.84 Å². The molecular formula is C17H28N2O3S. The van der Waals surface area contributed by atoms with E-state index in [-0.39, 0.29) is 4.90 Å². The number of hydrogen-bond acceptors (Lipinski definition) is 5. The van der Waals surface area contributed by atoms with Crippen molar-refractivity contribution in [3.63, 3.8) is 0 Å². The number of β-amino-alcohol motifs (C(OH)–C–C–N with tert-alkyl or cyclic N) is 1. The Bertz CT molecular complexity index is 624. The first kappa shape index (κ1) is 18.4. The highest BCUT2D eigenvalue weighted by molar-refractivity contribution is 7.90. The molecule has 0 radical (unpaired) electrons. The van der Waals surface area contributed by atoms with Crippen molar-refractivity contribution in [2.45, 2.75) is 36.3 Å². The normalized spacial score (nSPS) is 23.0. The Hall–Kier alpha value is -0.950. The fourth-order valence-corrected chi connectivity index (χ4v) is 3.81. The van der Waals surface area contributed by atoms with E-state index in [4.69, 9.17) is 0 Å². The number of rotatable bonds is 5. The van der Waals surface area contributed by atoms with Gasteiger partial charge in [-0.2, -0.15) is 0 Å². The van der Waals surface area contributed by atoms with Crippen molar-refractivity contribution in [2.24, 2.45) is 0 Å². The minimum absolute atomic E-state index is 0.280. The lowest BCUT2D eigenvalue weighted by molar-refractivity contribution is -0.000181. The third-order valence-electron chi connectivity index (χ3n) is 4.65. The van der Waals surface area contributed by atoms with Crippen LogP contribution < -0.4 is 0 Å². The molecule has 6 heteroatoms. The molecule has 130 valence electrons. The van der Waals surface area contributed by atoms with E-state index in [2.05, 4.69) is 23.9 Å². The van der Waals surface area contributed by atoms with Gasteiger partial charge in [0.05, 0.1) is 10.5 Å². The molecule has 5 nitrogen and oxygen atoms in total. The second-order valence-electron chi connectivity index (χ2n) is 7.07. The average Bonchev–Trinajstić information content (AvgIpc) is 2.46. The summed E-state index contributed by atoms with van der Waals surface area (Å²) in [4.78, 5) is 4.81. The van der Waals surface area contributed by atoms with Gasteiger partial charge >= 0.3 is 0 Å². The predicted octanol–water partition coefficient (Wildman–Crippen LogP) is 1.32. The molecule has 2 rings (SSSR count). The first-order valence-corrected chi connectivity index (χ1v) is 9.90. The van der Waals surface area contributed by atoms with E-state index in [0.29, 0.717) is 12.6 Å². The van der Waals surface area contributed by atoms with Crippen LogP contribution in [0.2, 0.25) is 0 Å². The first-order valence-electron chi connectivity index (χ1n) is 8.01. The Morgan fingerprint density at radius 2 is 1.91 bits per heavy atom. The fraction of sp³-hybridized carbons (Fsp3) is 0.647. The third-order valence-corrected chi connectivity index (χ3v) is 5.78. The SMILES string of the molecule is CN(C)C1CCCN(CC(C)(O)c2ccc(S(C)(=O)=O)cc2)C1. The van der Waals surface area contributed by atoms with Gasteiger partial charge in [-0.3, -0.25) is 4.90 Å². The summed E-state index contributed by atoms with van der Waals surface area (Å²) in [7, 11) is 0.980. The molecule has 0 spiro atoms. The van der Waals surface area contributed by atoms with E-state index in [9.17, 15) is 13.5 Å². The van der Waals surface area contributed by atoms with Crippen LogP contribution in [0.15, 0.2) is 29.2 Å². The number of piperidine rings is 1. The maximum absolute atomic E-state index is 11.5. The van der Waals surface area contributed by atoms with Gasteiger partial charge in [0, 0.05) is 25.4 Å². The monoisotopic (exact) mass is 340 g/mol. The lowest BCUT2D eigenvalue weighted by Crippen LogP contribution is -2.49. The molecule has 23 heavy (non-hydrogen) atoms. The van der Waals surface area contributed by atoms with Crippen LogP contribution >= 0.6 is 0 Å². The zero-order valence-corrected chi connectivity index (χ0v) is 15.3. The van der Waals surface area contributed by atoms with Crippen molar-refractivity contribution in [1.29, 1.82) is 0 Å². The largest absolute Gasteiger partial charge is 0.384 e. The number of nitrogens with zero attached hydrogens (tertiary/aromatic N) is 2. The molecule has 0 aromatic heterocycles. The van der Waals surface area contributed by atoms with Gasteiger partial charge in [0.15, 0.2) is 9.84 Å². The topological polar surface area (TPSA) is 60.9 Å². The van der Waals surface area contributed by atoms with Crippen LogP contribution in [0.4, 0.5) is 0 Å². The summed E-state index contributed by atoms with van der Waals surface area (Å²) in [6, 6.07) is 7.08. The van der Waals surface area contributed by atoms with Crippen LogP contribution in [0, 0.1) is 0 Å². The zero-order valence-electron chi connectivity index (χ0n) is 14.5. The van der Waals surface area contributed by atoms with E-state index >= 15 is 0 Å². The summed E-state index contributed by atoms with van der Waals surface area (Å²) in [6.45, 7) is 4.28. The van der Waals surface area contributed by atoms with Crippen molar-refractivity contribution in [2.75, 3.05) is 40.0 Å². The Balaban J connectivity index is 2.09. The second kappa shape index (κ2) is 6.89. The molecule has 1 aromatic rings.